The van der Waals surface area contributed by atoms with Gasteiger partial charge in [-0.25, -0.2) is 0 Å². The van der Waals surface area contributed by atoms with Gasteiger partial charge in [-0.2, -0.15) is 0 Å². The van der Waals surface area contributed by atoms with Crippen LogP contribution in [0.4, 0.5) is 0 Å². The molecule has 3 nitrogen and oxygen atoms in total. The predicted octanol–water partition coefficient (Wildman–Crippen LogP) is 1.84. The molecule has 0 saturated carbocycles. The van der Waals surface area contributed by atoms with Crippen LogP contribution in [0.2, 0.25) is 0 Å². The second kappa shape index (κ2) is 6.40. The van der Waals surface area contributed by atoms with Crippen molar-refractivity contribution in [2.75, 3.05) is 32.7 Å². The highest BCUT2D eigenvalue weighted by atomic mass is 16.2. The van der Waals surface area contributed by atoms with E-state index in [1.54, 1.807) is 12.2 Å². The van der Waals surface area contributed by atoms with Crippen LogP contribution < -0.4 is 0 Å². The first-order chi connectivity index (χ1) is 8.13. The van der Waals surface area contributed by atoms with Gasteiger partial charge in [0, 0.05) is 31.8 Å². The first kappa shape index (κ1) is 13.7. The van der Waals surface area contributed by atoms with E-state index in [4.69, 9.17) is 0 Å². The molecule has 1 aliphatic rings. The van der Waals surface area contributed by atoms with E-state index in [-0.39, 0.29) is 5.91 Å². The number of amides is 1. The average molecular weight is 234 g/mol. The zero-order valence-corrected chi connectivity index (χ0v) is 10.9. The summed E-state index contributed by atoms with van der Waals surface area (Å²) in [7, 11) is 0. The first-order valence-corrected chi connectivity index (χ1v) is 6.11. The Morgan fingerprint density at radius 1 is 1.18 bits per heavy atom. The summed E-state index contributed by atoms with van der Waals surface area (Å²) in [6, 6.07) is 0. The van der Waals surface area contributed by atoms with Crippen molar-refractivity contribution in [1.29, 1.82) is 0 Å². The molecule has 0 N–H and O–H groups in total. The van der Waals surface area contributed by atoms with Gasteiger partial charge in [-0.15, -0.1) is 0 Å². The molecule has 17 heavy (non-hydrogen) atoms. The molecule has 0 atom stereocenters. The Labute approximate surface area is 104 Å². The third kappa shape index (κ3) is 3.30. The molecule has 1 aliphatic heterocycles. The van der Waals surface area contributed by atoms with E-state index >= 15 is 0 Å². The Balaban J connectivity index is 2.71. The molecular weight excluding hydrogens is 212 g/mol. The molecule has 3 heteroatoms. The van der Waals surface area contributed by atoms with Gasteiger partial charge >= 0.3 is 0 Å². The van der Waals surface area contributed by atoms with Crippen LogP contribution in [0, 0.1) is 0 Å². The number of hydrogen-bond donors (Lipinski definition) is 0. The number of carbonyl (C=O) groups excluding carboxylic acids is 1. The van der Waals surface area contributed by atoms with Crippen molar-refractivity contribution in [1.82, 2.24) is 9.80 Å². The second-order valence-electron chi connectivity index (χ2n) is 4.23. The normalized spacial score (nSPS) is 18.6. The van der Waals surface area contributed by atoms with Gasteiger partial charge in [0.1, 0.15) is 0 Å². The maximum atomic E-state index is 12.3. The van der Waals surface area contributed by atoms with Crippen molar-refractivity contribution in [3.05, 3.63) is 36.5 Å². The van der Waals surface area contributed by atoms with Gasteiger partial charge in [0.15, 0.2) is 0 Å². The molecule has 0 unspecified atom stereocenters. The number of allylic oxidation sites excluding steroid dienone is 2. The molecule has 94 valence electrons. The number of likely N-dealkylation sites (N-methyl/N-ethyl adjacent to an activating group) is 1. The molecule has 0 aromatic carbocycles. The highest BCUT2D eigenvalue weighted by molar-refractivity contribution is 5.97. The zero-order valence-electron chi connectivity index (χ0n) is 10.9. The number of hydrogen-bond acceptors (Lipinski definition) is 2. The minimum atomic E-state index is 0.0770. The highest BCUT2D eigenvalue weighted by Gasteiger charge is 2.22. The van der Waals surface area contributed by atoms with Gasteiger partial charge in [-0.05, 0) is 19.0 Å². The molecule has 0 bridgehead atoms. The predicted molar refractivity (Wildman–Crippen MR) is 71.8 cm³/mol. The topological polar surface area (TPSA) is 23.6 Å². The van der Waals surface area contributed by atoms with Crippen molar-refractivity contribution in [2.24, 2.45) is 0 Å². The van der Waals surface area contributed by atoms with Crippen molar-refractivity contribution < 1.29 is 4.79 Å². The van der Waals surface area contributed by atoms with E-state index in [1.165, 1.54) is 0 Å². The van der Waals surface area contributed by atoms with Crippen molar-refractivity contribution in [2.45, 2.75) is 13.8 Å². The lowest BCUT2D eigenvalue weighted by atomic mass is 10.1. The molecule has 1 heterocycles. The Kier molecular flexibility index (Phi) is 5.16. The molecule has 0 aromatic heterocycles. The SMILES string of the molecule is C=C/C(C)=C(\C=C)C(=O)N1CCN(CC)CC1. The molecule has 1 rings (SSSR count). The number of rotatable bonds is 4. The monoisotopic (exact) mass is 234 g/mol. The summed E-state index contributed by atoms with van der Waals surface area (Å²) in [5, 5.41) is 0. The smallest absolute Gasteiger partial charge is 0.254 e. The van der Waals surface area contributed by atoms with Crippen LogP contribution in [-0.2, 0) is 4.79 Å². The van der Waals surface area contributed by atoms with Crippen LogP contribution in [0.15, 0.2) is 36.5 Å². The highest BCUT2D eigenvalue weighted by Crippen LogP contribution is 2.12. The minimum Gasteiger partial charge on any atom is -0.336 e. The van der Waals surface area contributed by atoms with Crippen LogP contribution in [0.1, 0.15) is 13.8 Å². The lowest BCUT2D eigenvalue weighted by Gasteiger charge is -2.34. The summed E-state index contributed by atoms with van der Waals surface area (Å²) >= 11 is 0. The summed E-state index contributed by atoms with van der Waals surface area (Å²) < 4.78 is 0. The first-order valence-electron chi connectivity index (χ1n) is 6.11. The van der Waals surface area contributed by atoms with E-state index < -0.39 is 0 Å². The number of carbonyl (C=O) groups is 1. The van der Waals surface area contributed by atoms with Crippen LogP contribution in [0.5, 0.6) is 0 Å². The van der Waals surface area contributed by atoms with Gasteiger partial charge in [0.05, 0.1) is 0 Å². The lowest BCUT2D eigenvalue weighted by molar-refractivity contribution is -0.128. The molecule has 0 radical (unpaired) electrons. The van der Waals surface area contributed by atoms with Crippen LogP contribution in [0.3, 0.4) is 0 Å². The van der Waals surface area contributed by atoms with Gasteiger partial charge in [0.2, 0.25) is 0 Å². The van der Waals surface area contributed by atoms with Gasteiger partial charge < -0.3 is 9.80 Å². The van der Waals surface area contributed by atoms with Crippen LogP contribution in [0.25, 0.3) is 0 Å². The number of piperazine rings is 1. The lowest BCUT2D eigenvalue weighted by Crippen LogP contribution is -2.48. The molecular formula is C14H22N2O. The summed E-state index contributed by atoms with van der Waals surface area (Å²) in [5.41, 5.74) is 1.56. The van der Waals surface area contributed by atoms with Gasteiger partial charge in [0.25, 0.3) is 5.91 Å². The molecule has 0 aromatic rings. The second-order valence-corrected chi connectivity index (χ2v) is 4.23. The van der Waals surface area contributed by atoms with Crippen LogP contribution in [-0.4, -0.2) is 48.4 Å². The molecule has 0 spiro atoms. The fraction of sp³-hybridized carbons (Fsp3) is 0.500. The third-order valence-corrected chi connectivity index (χ3v) is 3.27. The van der Waals surface area contributed by atoms with Gasteiger partial charge in [-0.3, -0.25) is 4.79 Å². The average Bonchev–Trinajstić information content (AvgIpc) is 2.39. The fourth-order valence-electron chi connectivity index (χ4n) is 1.96. The Morgan fingerprint density at radius 2 is 1.76 bits per heavy atom. The summed E-state index contributed by atoms with van der Waals surface area (Å²) in [6.45, 7) is 16.0. The maximum absolute atomic E-state index is 12.3. The van der Waals surface area contributed by atoms with E-state index in [9.17, 15) is 4.79 Å². The van der Waals surface area contributed by atoms with Crippen LogP contribution >= 0.6 is 0 Å². The van der Waals surface area contributed by atoms with Crippen molar-refractivity contribution >= 4 is 5.91 Å². The standard InChI is InChI=1S/C14H22N2O/c1-5-12(4)13(6-2)14(17)16-10-8-15(7-3)9-11-16/h5-6H,1-2,7-11H2,3-4H3/b13-12+. The fourth-order valence-corrected chi connectivity index (χ4v) is 1.96. The summed E-state index contributed by atoms with van der Waals surface area (Å²) in [5.74, 6) is 0.0770. The van der Waals surface area contributed by atoms with E-state index in [0.717, 1.165) is 38.3 Å². The summed E-state index contributed by atoms with van der Waals surface area (Å²) in [4.78, 5) is 16.5. The zero-order chi connectivity index (χ0) is 12.8. The molecule has 1 saturated heterocycles. The Morgan fingerprint density at radius 3 is 2.18 bits per heavy atom. The molecule has 1 amide bonds. The van der Waals surface area contributed by atoms with Crippen molar-refractivity contribution in [3.63, 3.8) is 0 Å². The van der Waals surface area contributed by atoms with Gasteiger partial charge in [-0.1, -0.05) is 32.2 Å². The molecule has 0 aliphatic carbocycles. The number of nitrogens with zero attached hydrogens (tertiary/aromatic N) is 2. The summed E-state index contributed by atoms with van der Waals surface area (Å²) in [6.07, 6.45) is 3.34. The third-order valence-electron chi connectivity index (χ3n) is 3.27. The Bertz CT molecular complexity index is 336. The maximum Gasteiger partial charge on any atom is 0.254 e. The Hall–Kier alpha value is -1.35. The van der Waals surface area contributed by atoms with E-state index in [2.05, 4.69) is 25.0 Å². The molecule has 1 fully saturated rings. The minimum absolute atomic E-state index is 0.0770. The van der Waals surface area contributed by atoms with E-state index in [0.29, 0.717) is 5.57 Å². The quantitative estimate of drug-likeness (QED) is 0.547. The van der Waals surface area contributed by atoms with Crippen molar-refractivity contribution in [3.8, 4) is 0 Å². The van der Waals surface area contributed by atoms with E-state index in [1.807, 2.05) is 11.8 Å². The largest absolute Gasteiger partial charge is 0.336 e.